The lowest BCUT2D eigenvalue weighted by Gasteiger charge is -2.25. The molecule has 0 aliphatic carbocycles. The number of sulfonamides is 1. The third-order valence-corrected chi connectivity index (χ3v) is 7.61. The van der Waals surface area contributed by atoms with E-state index in [1.165, 1.54) is 15.7 Å². The van der Waals surface area contributed by atoms with Gasteiger partial charge in [-0.2, -0.15) is 0 Å². The molecule has 0 spiro atoms. The molecule has 0 amide bonds. The number of nitrogens with zero attached hydrogens (tertiary/aromatic N) is 1. The van der Waals surface area contributed by atoms with Crippen LogP contribution in [-0.4, -0.2) is 18.2 Å². The van der Waals surface area contributed by atoms with E-state index in [0.29, 0.717) is 0 Å². The van der Waals surface area contributed by atoms with Crippen molar-refractivity contribution in [3.63, 3.8) is 0 Å². The van der Waals surface area contributed by atoms with Gasteiger partial charge in [-0.1, -0.05) is 54.1 Å². The van der Waals surface area contributed by atoms with E-state index in [2.05, 4.69) is 6.58 Å². The molecule has 1 atom stereocenters. The topological polar surface area (TPSA) is 37.4 Å². The maximum Gasteiger partial charge on any atom is 0.253 e. The van der Waals surface area contributed by atoms with Gasteiger partial charge in [-0.3, -0.25) is 0 Å². The van der Waals surface area contributed by atoms with Crippen molar-refractivity contribution >= 4 is 32.7 Å². The molecule has 5 heteroatoms. The van der Waals surface area contributed by atoms with Gasteiger partial charge >= 0.3 is 0 Å². The second kappa shape index (κ2) is 7.66. The second-order valence-corrected chi connectivity index (χ2v) is 9.24. The van der Waals surface area contributed by atoms with Gasteiger partial charge in [0, 0.05) is 4.90 Å². The molecule has 3 nitrogen and oxygen atoms in total. The van der Waals surface area contributed by atoms with Gasteiger partial charge in [0.1, 0.15) is 0 Å². The third kappa shape index (κ3) is 3.85. The Morgan fingerprint density at radius 2 is 1.65 bits per heavy atom. The second-order valence-electron chi connectivity index (χ2n) is 6.15. The Labute approximate surface area is 159 Å². The lowest BCUT2D eigenvalue weighted by Crippen LogP contribution is -2.31. The van der Waals surface area contributed by atoms with Crippen LogP contribution < -0.4 is 0 Å². The average Bonchev–Trinajstić information content (AvgIpc) is 2.65. The fourth-order valence-electron chi connectivity index (χ4n) is 2.58. The molecule has 0 fully saturated rings. The molecule has 0 saturated carbocycles. The van der Waals surface area contributed by atoms with Crippen LogP contribution in [0.25, 0.3) is 10.8 Å². The van der Waals surface area contributed by atoms with Crippen molar-refractivity contribution in [3.8, 4) is 0 Å². The summed E-state index contributed by atoms with van der Waals surface area (Å²) in [5.41, 5.74) is 1.02. The van der Waals surface area contributed by atoms with Gasteiger partial charge in [0.05, 0.1) is 10.9 Å². The quantitative estimate of drug-likeness (QED) is 0.421. The third-order valence-electron chi connectivity index (χ3n) is 4.15. The fourth-order valence-corrected chi connectivity index (χ4v) is 5.47. The van der Waals surface area contributed by atoms with Crippen LogP contribution in [0, 0.1) is 6.92 Å². The van der Waals surface area contributed by atoms with Crippen molar-refractivity contribution in [2.24, 2.45) is 0 Å². The average molecular weight is 384 g/mol. The van der Waals surface area contributed by atoms with Crippen LogP contribution in [0.5, 0.6) is 0 Å². The van der Waals surface area contributed by atoms with Crippen LogP contribution in [0.3, 0.4) is 0 Å². The SMILES string of the molecule is C=CC(C)N(Sc1ccc2ccccc2c1)S(=O)(=O)c1ccc(C)cc1. The molecule has 1 unspecified atom stereocenters. The van der Waals surface area contributed by atoms with Crippen molar-refractivity contribution in [3.05, 3.63) is 84.9 Å². The molecule has 3 aromatic rings. The lowest BCUT2D eigenvalue weighted by molar-refractivity contribution is 0.522. The Hall–Kier alpha value is -2.08. The van der Waals surface area contributed by atoms with Gasteiger partial charge in [0.15, 0.2) is 0 Å². The fraction of sp³-hybridized carbons (Fsp3) is 0.143. The highest BCUT2D eigenvalue weighted by Crippen LogP contribution is 2.33. The van der Waals surface area contributed by atoms with Gasteiger partial charge in [0.25, 0.3) is 10.0 Å². The van der Waals surface area contributed by atoms with E-state index in [1.807, 2.05) is 68.4 Å². The summed E-state index contributed by atoms with van der Waals surface area (Å²) in [5.74, 6) is 0. The van der Waals surface area contributed by atoms with E-state index < -0.39 is 10.0 Å². The lowest BCUT2D eigenvalue weighted by atomic mass is 10.1. The first kappa shape index (κ1) is 18.7. The predicted molar refractivity (Wildman–Crippen MR) is 110 cm³/mol. The minimum Gasteiger partial charge on any atom is -0.206 e. The zero-order chi connectivity index (χ0) is 18.7. The van der Waals surface area contributed by atoms with E-state index in [0.717, 1.165) is 21.2 Å². The van der Waals surface area contributed by atoms with Crippen LogP contribution >= 0.6 is 11.9 Å². The Morgan fingerprint density at radius 3 is 2.31 bits per heavy atom. The van der Waals surface area contributed by atoms with E-state index in [-0.39, 0.29) is 10.9 Å². The summed E-state index contributed by atoms with van der Waals surface area (Å²) in [7, 11) is -3.66. The van der Waals surface area contributed by atoms with Gasteiger partial charge in [-0.25, -0.2) is 8.42 Å². The molecular formula is C21H21NO2S2. The molecule has 3 aromatic carbocycles. The van der Waals surface area contributed by atoms with E-state index >= 15 is 0 Å². The highest BCUT2D eigenvalue weighted by Gasteiger charge is 2.29. The van der Waals surface area contributed by atoms with Crippen LogP contribution in [0.2, 0.25) is 0 Å². The Morgan fingerprint density at radius 1 is 1.00 bits per heavy atom. The molecule has 0 aromatic heterocycles. The highest BCUT2D eigenvalue weighted by atomic mass is 32.3. The summed E-state index contributed by atoms with van der Waals surface area (Å²) in [6.45, 7) is 7.54. The summed E-state index contributed by atoms with van der Waals surface area (Å²) >= 11 is 1.22. The largest absolute Gasteiger partial charge is 0.253 e. The molecule has 0 aliphatic rings. The molecule has 0 radical (unpaired) electrons. The smallest absolute Gasteiger partial charge is 0.206 e. The normalized spacial score (nSPS) is 13.0. The van der Waals surface area contributed by atoms with Crippen molar-refractivity contribution < 1.29 is 8.42 Å². The Bertz CT molecular complexity index is 1030. The molecule has 134 valence electrons. The number of benzene rings is 3. The van der Waals surface area contributed by atoms with Crippen molar-refractivity contribution in [1.29, 1.82) is 0 Å². The van der Waals surface area contributed by atoms with Crippen molar-refractivity contribution in [1.82, 2.24) is 3.71 Å². The van der Waals surface area contributed by atoms with E-state index in [1.54, 1.807) is 18.2 Å². The number of fused-ring (bicyclic) bond motifs is 1. The van der Waals surface area contributed by atoms with Gasteiger partial charge < -0.3 is 0 Å². The molecule has 26 heavy (non-hydrogen) atoms. The number of hydrogen-bond acceptors (Lipinski definition) is 3. The van der Waals surface area contributed by atoms with E-state index in [4.69, 9.17) is 0 Å². The van der Waals surface area contributed by atoms with Crippen molar-refractivity contribution in [2.75, 3.05) is 0 Å². The Balaban J connectivity index is 1.99. The zero-order valence-electron chi connectivity index (χ0n) is 14.8. The molecule has 0 aliphatic heterocycles. The molecule has 0 heterocycles. The summed E-state index contributed by atoms with van der Waals surface area (Å²) in [6, 6.07) is 20.6. The molecule has 0 N–H and O–H groups in total. The molecule has 0 saturated heterocycles. The van der Waals surface area contributed by atoms with Crippen LogP contribution in [0.15, 0.2) is 89.2 Å². The van der Waals surface area contributed by atoms with Crippen LogP contribution in [-0.2, 0) is 10.0 Å². The Kier molecular flexibility index (Phi) is 5.51. The standard InChI is InChI=1S/C21H21NO2S2/c1-4-17(3)22(26(23,24)21-13-9-16(2)10-14-21)25-20-12-11-18-7-5-6-8-19(18)15-20/h4-15,17H,1H2,2-3H3. The number of rotatable bonds is 6. The first-order valence-electron chi connectivity index (χ1n) is 8.32. The summed E-state index contributed by atoms with van der Waals surface area (Å²) in [4.78, 5) is 1.15. The predicted octanol–water partition coefficient (Wildman–Crippen LogP) is 5.42. The zero-order valence-corrected chi connectivity index (χ0v) is 16.4. The summed E-state index contributed by atoms with van der Waals surface area (Å²) in [6.07, 6.45) is 1.64. The number of hydrogen-bond donors (Lipinski definition) is 0. The van der Waals surface area contributed by atoms with Crippen molar-refractivity contribution in [2.45, 2.75) is 29.7 Å². The maximum atomic E-state index is 13.2. The van der Waals surface area contributed by atoms with Crippen LogP contribution in [0.1, 0.15) is 12.5 Å². The first-order valence-corrected chi connectivity index (χ1v) is 10.5. The molecular weight excluding hydrogens is 362 g/mol. The summed E-state index contributed by atoms with van der Waals surface area (Å²) in [5, 5.41) is 2.21. The van der Waals surface area contributed by atoms with Crippen LogP contribution in [0.4, 0.5) is 0 Å². The monoisotopic (exact) mass is 383 g/mol. The number of aryl methyl sites for hydroxylation is 1. The highest BCUT2D eigenvalue weighted by molar-refractivity contribution is 8.08. The van der Waals surface area contributed by atoms with Gasteiger partial charge in [-0.15, -0.1) is 10.3 Å². The van der Waals surface area contributed by atoms with E-state index in [9.17, 15) is 8.42 Å². The van der Waals surface area contributed by atoms with Gasteiger partial charge in [-0.05, 0) is 60.8 Å². The minimum absolute atomic E-state index is 0.282. The molecule has 3 rings (SSSR count). The first-order chi connectivity index (χ1) is 12.4. The maximum absolute atomic E-state index is 13.2. The van der Waals surface area contributed by atoms with Gasteiger partial charge in [0.2, 0.25) is 0 Å². The minimum atomic E-state index is -3.66. The molecule has 0 bridgehead atoms. The summed E-state index contributed by atoms with van der Waals surface area (Å²) < 4.78 is 27.8.